The fraction of sp³-hybridized carbons (Fsp3) is 0.556. The van der Waals surface area contributed by atoms with E-state index in [4.69, 9.17) is 0 Å². The van der Waals surface area contributed by atoms with E-state index in [1.54, 1.807) is 37.3 Å². The molecule has 4 aliphatic rings. The van der Waals surface area contributed by atoms with Crippen LogP contribution in [0.15, 0.2) is 54.1 Å². The van der Waals surface area contributed by atoms with Gasteiger partial charge in [-0.15, -0.1) is 0 Å². The summed E-state index contributed by atoms with van der Waals surface area (Å²) in [6.45, 7) is 3.30. The van der Waals surface area contributed by atoms with Crippen LogP contribution in [-0.4, -0.2) is 51.7 Å². The third kappa shape index (κ3) is 3.25. The van der Waals surface area contributed by atoms with E-state index < -0.39 is 64.2 Å². The van der Waals surface area contributed by atoms with Gasteiger partial charge in [0.25, 0.3) is 0 Å². The van der Waals surface area contributed by atoms with Gasteiger partial charge in [-0.3, -0.25) is 19.9 Å². The zero-order valence-corrected chi connectivity index (χ0v) is 19.8. The van der Waals surface area contributed by atoms with Gasteiger partial charge in [-0.1, -0.05) is 31.2 Å². The van der Waals surface area contributed by atoms with Gasteiger partial charge in [0.05, 0.1) is 17.7 Å². The minimum Gasteiger partial charge on any atom is -0.481 e. The second-order valence-electron chi connectivity index (χ2n) is 11.2. The van der Waals surface area contributed by atoms with E-state index in [0.717, 1.165) is 11.1 Å². The molecule has 0 radical (unpaired) electrons. The quantitative estimate of drug-likeness (QED) is 0.553. The molecule has 3 N–H and O–H groups in total. The molecular weight excluding hydrogens is 456 g/mol. The van der Waals surface area contributed by atoms with E-state index >= 15 is 8.78 Å². The van der Waals surface area contributed by atoms with Crippen molar-refractivity contribution in [1.29, 1.82) is 0 Å². The molecule has 6 nitrogen and oxygen atoms in total. The number of carbonyl (C=O) groups excluding carboxylic acids is 1. The van der Waals surface area contributed by atoms with Crippen LogP contribution in [0.2, 0.25) is 0 Å². The fourth-order valence-electron chi connectivity index (χ4n) is 7.98. The number of anilines is 1. The lowest BCUT2D eigenvalue weighted by atomic mass is 9.45. The van der Waals surface area contributed by atoms with Crippen molar-refractivity contribution in [2.45, 2.75) is 51.1 Å². The Labute approximate surface area is 202 Å². The van der Waals surface area contributed by atoms with Crippen molar-refractivity contribution in [3.63, 3.8) is 0 Å². The number of hydroxylamine groups is 1. The third-order valence-corrected chi connectivity index (χ3v) is 9.53. The van der Waals surface area contributed by atoms with Crippen molar-refractivity contribution < 1.29 is 33.8 Å². The molecule has 0 saturated heterocycles. The van der Waals surface area contributed by atoms with Gasteiger partial charge in [-0.2, -0.15) is 0 Å². The highest BCUT2D eigenvalue weighted by molar-refractivity contribution is 6.01. The number of aliphatic hydroxyl groups excluding tert-OH is 1. The number of hydrogen-bond donors (Lipinski definition) is 3. The molecule has 0 heterocycles. The number of carboxylic acid groups (broad SMARTS) is 1. The fourth-order valence-corrected chi connectivity index (χ4v) is 7.98. The first-order valence-corrected chi connectivity index (χ1v) is 12.1. The first-order valence-electron chi connectivity index (χ1n) is 12.1. The number of halogens is 2. The molecule has 5 rings (SSSR count). The van der Waals surface area contributed by atoms with Crippen LogP contribution in [0.3, 0.4) is 0 Å². The molecule has 8 heteroatoms. The molecule has 0 bridgehead atoms. The number of rotatable bonds is 4. The summed E-state index contributed by atoms with van der Waals surface area (Å²) in [5.74, 6) is -4.42. The Bertz CT molecular complexity index is 1110. The van der Waals surface area contributed by atoms with Gasteiger partial charge >= 0.3 is 5.97 Å². The molecule has 1 unspecified atom stereocenters. The van der Waals surface area contributed by atoms with E-state index in [2.05, 4.69) is 0 Å². The van der Waals surface area contributed by atoms with Crippen molar-refractivity contribution >= 4 is 17.4 Å². The van der Waals surface area contributed by atoms with Crippen molar-refractivity contribution in [3.05, 3.63) is 54.1 Å². The van der Waals surface area contributed by atoms with Crippen molar-refractivity contribution in [2.24, 2.45) is 34.5 Å². The van der Waals surface area contributed by atoms with Crippen LogP contribution in [0.1, 0.15) is 33.1 Å². The second-order valence-corrected chi connectivity index (χ2v) is 11.2. The summed E-state index contributed by atoms with van der Waals surface area (Å²) >= 11 is 0. The first-order chi connectivity index (χ1) is 16.4. The molecule has 35 heavy (non-hydrogen) atoms. The van der Waals surface area contributed by atoms with Gasteiger partial charge in [0.15, 0.2) is 11.5 Å². The maximum absolute atomic E-state index is 17.2. The third-order valence-electron chi connectivity index (χ3n) is 9.53. The molecule has 1 aromatic carbocycles. The maximum atomic E-state index is 17.2. The zero-order valence-electron chi connectivity index (χ0n) is 19.8. The number of benzene rings is 1. The molecule has 0 aliphatic heterocycles. The zero-order chi connectivity index (χ0) is 25.3. The van der Waals surface area contributed by atoms with E-state index in [1.165, 1.54) is 19.1 Å². The van der Waals surface area contributed by atoms with Gasteiger partial charge < -0.3 is 10.2 Å². The van der Waals surface area contributed by atoms with Crippen LogP contribution in [-0.2, 0) is 9.59 Å². The van der Waals surface area contributed by atoms with Crippen molar-refractivity contribution in [1.82, 2.24) is 0 Å². The Morgan fingerprint density at radius 2 is 1.86 bits per heavy atom. The van der Waals surface area contributed by atoms with Crippen LogP contribution >= 0.6 is 0 Å². The Kier molecular flexibility index (Phi) is 5.49. The smallest absolute Gasteiger partial charge is 0.307 e. The first kappa shape index (κ1) is 24.1. The number of alkyl halides is 2. The molecule has 188 valence electrons. The predicted molar refractivity (Wildman–Crippen MR) is 124 cm³/mol. The topological polar surface area (TPSA) is 98.1 Å². The number of aliphatic carboxylic acids is 1. The highest BCUT2D eigenvalue weighted by Crippen LogP contribution is 2.70. The van der Waals surface area contributed by atoms with Gasteiger partial charge in [0.1, 0.15) is 6.17 Å². The van der Waals surface area contributed by atoms with E-state index in [-0.39, 0.29) is 31.4 Å². The number of nitrogens with zero attached hydrogens (tertiary/aromatic N) is 1. The SMILES string of the molecule is C[C@]12C[C@H](O)[C@@]3(F)[C@@H](C[C@H](F)C4=CC(=O)C=C[C@@]43C)C1C[C@@H](CN(O)c1ccccc1)[C@@H]2C(=O)O. The average Bonchev–Trinajstić information content (AvgIpc) is 3.09. The summed E-state index contributed by atoms with van der Waals surface area (Å²) in [4.78, 5) is 24.5. The Morgan fingerprint density at radius 1 is 1.17 bits per heavy atom. The number of allylic oxidation sites excluding steroid dienone is 4. The van der Waals surface area contributed by atoms with Crippen molar-refractivity contribution in [3.8, 4) is 0 Å². The summed E-state index contributed by atoms with van der Waals surface area (Å²) < 4.78 is 32.7. The summed E-state index contributed by atoms with van der Waals surface area (Å²) in [7, 11) is 0. The molecule has 0 spiro atoms. The van der Waals surface area contributed by atoms with Crippen LogP contribution < -0.4 is 5.06 Å². The average molecular weight is 488 g/mol. The number of aliphatic hydroxyl groups is 1. The molecule has 4 aliphatic carbocycles. The summed E-state index contributed by atoms with van der Waals surface area (Å²) in [6, 6.07) is 8.73. The van der Waals surface area contributed by atoms with Crippen LogP contribution in [0.4, 0.5) is 14.5 Å². The highest BCUT2D eigenvalue weighted by atomic mass is 19.1. The molecular formula is C27H31F2NO5. The number of hydrogen-bond acceptors (Lipinski definition) is 5. The molecule has 3 saturated carbocycles. The van der Waals surface area contributed by atoms with Gasteiger partial charge in [0, 0.05) is 17.9 Å². The number of carbonyl (C=O) groups is 2. The number of para-hydroxylation sites is 1. The maximum Gasteiger partial charge on any atom is 0.307 e. The van der Waals surface area contributed by atoms with Gasteiger partial charge in [0.2, 0.25) is 0 Å². The summed E-state index contributed by atoms with van der Waals surface area (Å²) in [5, 5.41) is 33.2. The molecule has 0 amide bonds. The lowest BCUT2D eigenvalue weighted by Gasteiger charge is -2.62. The van der Waals surface area contributed by atoms with E-state index in [0.29, 0.717) is 5.69 Å². The summed E-state index contributed by atoms with van der Waals surface area (Å²) in [5.41, 5.74) is -4.19. The number of carboxylic acids is 1. The van der Waals surface area contributed by atoms with Gasteiger partial charge in [-0.05, 0) is 73.3 Å². The number of ketones is 1. The Hall–Kier alpha value is -2.58. The minimum atomic E-state index is -2.25. The largest absolute Gasteiger partial charge is 0.481 e. The van der Waals surface area contributed by atoms with Crippen molar-refractivity contribution in [2.75, 3.05) is 11.6 Å². The highest BCUT2D eigenvalue weighted by Gasteiger charge is 2.73. The molecule has 3 fully saturated rings. The van der Waals surface area contributed by atoms with Gasteiger partial charge in [-0.25, -0.2) is 8.78 Å². The summed E-state index contributed by atoms with van der Waals surface area (Å²) in [6.07, 6.45) is 0.593. The standard InChI is InChI=1S/C27H31F2NO5/c1-25-13-22(32)27(29)19(12-21(28)20-11-17(31)8-9-26(20,27)2)18(25)10-15(23(25)24(33)34)14-30(35)16-6-4-3-5-7-16/h3-9,11,15,18-19,21-23,32,35H,10,12-14H2,1-2H3,(H,33,34)/t15-,18?,19-,21-,22-,23+,25-,26-,27-/m0/s1. The molecule has 1 aromatic rings. The van der Waals surface area contributed by atoms with Crippen LogP contribution in [0, 0.1) is 34.5 Å². The molecule has 9 atom stereocenters. The van der Waals surface area contributed by atoms with E-state index in [9.17, 15) is 25.0 Å². The monoisotopic (exact) mass is 487 g/mol. The Morgan fingerprint density at radius 3 is 2.51 bits per heavy atom. The Balaban J connectivity index is 1.54. The second kappa shape index (κ2) is 7.96. The lowest BCUT2D eigenvalue weighted by molar-refractivity contribution is -0.204. The van der Waals surface area contributed by atoms with Crippen LogP contribution in [0.5, 0.6) is 0 Å². The molecule has 0 aromatic heterocycles. The lowest BCUT2D eigenvalue weighted by Crippen LogP contribution is -2.68. The van der Waals surface area contributed by atoms with Crippen LogP contribution in [0.25, 0.3) is 0 Å². The predicted octanol–water partition coefficient (Wildman–Crippen LogP) is 4.13. The minimum absolute atomic E-state index is 0.0189. The number of fused-ring (bicyclic) bond motifs is 5. The normalized spacial score (nSPS) is 44.2. The van der Waals surface area contributed by atoms with E-state index in [1.807, 2.05) is 0 Å².